The van der Waals surface area contributed by atoms with E-state index in [-0.39, 0.29) is 17.5 Å². The summed E-state index contributed by atoms with van der Waals surface area (Å²) in [7, 11) is 0. The second-order valence-corrected chi connectivity index (χ2v) is 8.32. The van der Waals surface area contributed by atoms with Crippen molar-refractivity contribution in [2.24, 2.45) is 0 Å². The quantitative estimate of drug-likeness (QED) is 0.414. The Kier molecular flexibility index (Phi) is 7.50. The number of para-hydroxylation sites is 1. The van der Waals surface area contributed by atoms with Crippen molar-refractivity contribution >= 4 is 28.4 Å². The maximum Gasteiger partial charge on any atom is 0.266 e. The lowest BCUT2D eigenvalue weighted by Crippen LogP contribution is -2.38. The van der Waals surface area contributed by atoms with E-state index in [9.17, 15) is 9.59 Å². The molecule has 0 saturated carbocycles. The van der Waals surface area contributed by atoms with Gasteiger partial charge < -0.3 is 4.90 Å². The van der Waals surface area contributed by atoms with E-state index in [1.165, 1.54) is 0 Å². The van der Waals surface area contributed by atoms with Crippen molar-refractivity contribution in [1.82, 2.24) is 14.5 Å². The molecular weight excluding hydrogens is 410 g/mol. The first-order valence-electron chi connectivity index (χ1n) is 11.0. The van der Waals surface area contributed by atoms with Gasteiger partial charge in [-0.3, -0.25) is 14.2 Å². The molecule has 6 heteroatoms. The van der Waals surface area contributed by atoms with Gasteiger partial charge >= 0.3 is 0 Å². The van der Waals surface area contributed by atoms with Gasteiger partial charge in [-0.1, -0.05) is 50.4 Å². The Hall–Kier alpha value is -2.66. The molecule has 1 unspecified atom stereocenters. The van der Waals surface area contributed by atoms with Crippen LogP contribution in [0.3, 0.4) is 0 Å². The number of benzene rings is 2. The molecule has 0 aliphatic heterocycles. The summed E-state index contributed by atoms with van der Waals surface area (Å²) in [6, 6.07) is 12.4. The fourth-order valence-electron chi connectivity index (χ4n) is 3.94. The Labute approximate surface area is 188 Å². The molecule has 1 heterocycles. The Morgan fingerprint density at radius 3 is 2.58 bits per heavy atom. The molecule has 0 bridgehead atoms. The second-order valence-electron chi connectivity index (χ2n) is 7.88. The number of carbonyl (C=O) groups excluding carboxylic acids is 1. The van der Waals surface area contributed by atoms with Gasteiger partial charge in [-0.05, 0) is 56.2 Å². The van der Waals surface area contributed by atoms with Crippen LogP contribution >= 0.6 is 11.6 Å². The highest BCUT2D eigenvalue weighted by atomic mass is 35.5. The smallest absolute Gasteiger partial charge is 0.266 e. The summed E-state index contributed by atoms with van der Waals surface area (Å²) in [6.07, 6.45) is 3.46. The first kappa shape index (κ1) is 23.0. The van der Waals surface area contributed by atoms with E-state index >= 15 is 0 Å². The van der Waals surface area contributed by atoms with Crippen LogP contribution in [0.25, 0.3) is 16.6 Å². The van der Waals surface area contributed by atoms with Crippen molar-refractivity contribution in [3.63, 3.8) is 0 Å². The van der Waals surface area contributed by atoms with Gasteiger partial charge in [0.25, 0.3) is 5.56 Å². The van der Waals surface area contributed by atoms with Crippen LogP contribution < -0.4 is 5.56 Å². The zero-order chi connectivity index (χ0) is 22.5. The minimum Gasteiger partial charge on any atom is -0.333 e. The molecule has 1 atom stereocenters. The fourth-order valence-corrected chi connectivity index (χ4v) is 4.17. The van der Waals surface area contributed by atoms with Crippen LogP contribution in [0, 0.1) is 6.92 Å². The third-order valence-corrected chi connectivity index (χ3v) is 5.90. The summed E-state index contributed by atoms with van der Waals surface area (Å²) in [4.78, 5) is 33.2. The number of nitrogens with zero attached hydrogens (tertiary/aromatic N) is 3. The molecule has 0 fully saturated rings. The molecule has 0 radical (unpaired) electrons. The van der Waals surface area contributed by atoms with Crippen LogP contribution in [-0.2, 0) is 4.79 Å². The second kappa shape index (κ2) is 10.1. The topological polar surface area (TPSA) is 55.2 Å². The summed E-state index contributed by atoms with van der Waals surface area (Å²) >= 11 is 6.17. The average Bonchev–Trinajstić information content (AvgIpc) is 2.76. The van der Waals surface area contributed by atoms with Crippen LogP contribution in [0.2, 0.25) is 5.02 Å². The van der Waals surface area contributed by atoms with E-state index in [0.717, 1.165) is 30.5 Å². The SMILES string of the molecule is CCCCCN(C(=O)CC)C(C)c1nc2ccccc2c(=O)n1-c1ccc(Cl)cc1C. The van der Waals surface area contributed by atoms with E-state index < -0.39 is 0 Å². The van der Waals surface area contributed by atoms with Crippen molar-refractivity contribution in [1.29, 1.82) is 0 Å². The van der Waals surface area contributed by atoms with Crippen LogP contribution in [0.4, 0.5) is 0 Å². The van der Waals surface area contributed by atoms with Gasteiger partial charge in [0.05, 0.1) is 22.6 Å². The highest BCUT2D eigenvalue weighted by Gasteiger charge is 2.26. The molecule has 3 aromatic rings. The predicted octanol–water partition coefficient (Wildman–Crippen LogP) is 5.84. The van der Waals surface area contributed by atoms with E-state index in [0.29, 0.717) is 34.7 Å². The number of halogens is 1. The molecule has 5 nitrogen and oxygen atoms in total. The maximum atomic E-state index is 13.6. The Morgan fingerprint density at radius 2 is 1.90 bits per heavy atom. The number of amides is 1. The first-order chi connectivity index (χ1) is 14.9. The van der Waals surface area contributed by atoms with Gasteiger partial charge in [-0.25, -0.2) is 4.98 Å². The molecule has 2 aromatic carbocycles. The Balaban J connectivity index is 2.24. The number of aryl methyl sites for hydroxylation is 1. The summed E-state index contributed by atoms with van der Waals surface area (Å²) in [5, 5.41) is 1.16. The summed E-state index contributed by atoms with van der Waals surface area (Å²) in [6.45, 7) is 8.53. The maximum absolute atomic E-state index is 13.6. The van der Waals surface area contributed by atoms with Gasteiger partial charge in [0.1, 0.15) is 5.82 Å². The molecule has 0 saturated heterocycles. The molecule has 0 N–H and O–H groups in total. The van der Waals surface area contributed by atoms with Crippen LogP contribution in [0.15, 0.2) is 47.3 Å². The van der Waals surface area contributed by atoms with Gasteiger partial charge in [-0.15, -0.1) is 0 Å². The van der Waals surface area contributed by atoms with Gasteiger partial charge in [0.15, 0.2) is 0 Å². The largest absolute Gasteiger partial charge is 0.333 e. The zero-order valence-corrected chi connectivity index (χ0v) is 19.4. The average molecular weight is 440 g/mol. The third-order valence-electron chi connectivity index (χ3n) is 5.67. The van der Waals surface area contributed by atoms with Crippen LogP contribution in [-0.4, -0.2) is 26.9 Å². The highest BCUT2D eigenvalue weighted by molar-refractivity contribution is 6.30. The normalized spacial score (nSPS) is 12.2. The minimum absolute atomic E-state index is 0.0605. The van der Waals surface area contributed by atoms with Crippen molar-refractivity contribution in [3.05, 3.63) is 69.2 Å². The summed E-state index contributed by atoms with van der Waals surface area (Å²) in [5.41, 5.74) is 2.09. The Bertz CT molecular complexity index is 1140. The zero-order valence-electron chi connectivity index (χ0n) is 18.7. The minimum atomic E-state index is -0.350. The molecule has 1 aromatic heterocycles. The van der Waals surface area contributed by atoms with E-state index in [1.54, 1.807) is 16.7 Å². The number of carbonyl (C=O) groups is 1. The van der Waals surface area contributed by atoms with Crippen molar-refractivity contribution in [2.45, 2.75) is 59.4 Å². The molecule has 0 spiro atoms. The number of aromatic nitrogens is 2. The molecule has 1 amide bonds. The summed E-state index contributed by atoms with van der Waals surface area (Å²) in [5.74, 6) is 0.623. The van der Waals surface area contributed by atoms with Gasteiger partial charge in [0, 0.05) is 18.0 Å². The lowest BCUT2D eigenvalue weighted by atomic mass is 10.1. The summed E-state index contributed by atoms with van der Waals surface area (Å²) < 4.78 is 1.65. The van der Waals surface area contributed by atoms with Crippen molar-refractivity contribution in [2.75, 3.05) is 6.54 Å². The van der Waals surface area contributed by atoms with Crippen LogP contribution in [0.5, 0.6) is 0 Å². The van der Waals surface area contributed by atoms with Gasteiger partial charge in [-0.2, -0.15) is 0 Å². The standard InChI is InChI=1S/C25H30ClN3O2/c1-5-7-10-15-28(23(30)6-2)18(4)24-27-21-12-9-8-11-20(21)25(31)29(24)22-14-13-19(26)16-17(22)3/h8-9,11-14,16,18H,5-7,10,15H2,1-4H3. The monoisotopic (exact) mass is 439 g/mol. The highest BCUT2D eigenvalue weighted by Crippen LogP contribution is 2.26. The first-order valence-corrected chi connectivity index (χ1v) is 11.3. The number of hydrogen-bond donors (Lipinski definition) is 0. The molecule has 0 aliphatic rings. The molecular formula is C25H30ClN3O2. The number of rotatable bonds is 8. The molecule has 164 valence electrons. The molecule has 3 rings (SSSR count). The van der Waals surface area contributed by atoms with Crippen molar-refractivity contribution < 1.29 is 4.79 Å². The van der Waals surface area contributed by atoms with Gasteiger partial charge in [0.2, 0.25) is 5.91 Å². The predicted molar refractivity (Wildman–Crippen MR) is 127 cm³/mol. The molecule has 31 heavy (non-hydrogen) atoms. The number of fused-ring (bicyclic) bond motifs is 1. The van der Waals surface area contributed by atoms with E-state index in [2.05, 4.69) is 6.92 Å². The lowest BCUT2D eigenvalue weighted by molar-refractivity contribution is -0.133. The number of hydrogen-bond acceptors (Lipinski definition) is 3. The fraction of sp³-hybridized carbons (Fsp3) is 0.400. The molecule has 0 aliphatic carbocycles. The number of unbranched alkanes of at least 4 members (excludes halogenated alkanes) is 2. The Morgan fingerprint density at radius 1 is 1.16 bits per heavy atom. The van der Waals surface area contributed by atoms with Crippen molar-refractivity contribution in [3.8, 4) is 5.69 Å². The third kappa shape index (κ3) is 4.82. The van der Waals surface area contributed by atoms with Crippen LogP contribution in [0.1, 0.15) is 63.9 Å². The van der Waals surface area contributed by atoms with E-state index in [4.69, 9.17) is 16.6 Å². The van der Waals surface area contributed by atoms with E-state index in [1.807, 2.05) is 56.0 Å². The lowest BCUT2D eigenvalue weighted by Gasteiger charge is -2.30.